The second kappa shape index (κ2) is 9.00. The average Bonchev–Trinajstić information content (AvgIpc) is 2.81. The van der Waals surface area contributed by atoms with Crippen molar-refractivity contribution in [1.29, 1.82) is 0 Å². The summed E-state index contributed by atoms with van der Waals surface area (Å²) in [5, 5.41) is 0.476. The standard InChI is InChI=1S/C25H26F3N3O2/c1-16(22-29-21-14-7-6-13-20(21)24(33)30(22)2)31(19-11-4-3-5-12-19)23(32)17-9-8-10-18(15-17)25(26,27)28/h6-10,13-16,19H,3-5,11-12H2,1-2H3. The van der Waals surface area contributed by atoms with Crippen molar-refractivity contribution in [3.05, 3.63) is 75.8 Å². The molecule has 0 spiro atoms. The van der Waals surface area contributed by atoms with Gasteiger partial charge in [0.05, 0.1) is 22.5 Å². The molecule has 5 nitrogen and oxygen atoms in total. The molecule has 1 unspecified atom stereocenters. The molecule has 1 heterocycles. The van der Waals surface area contributed by atoms with Crippen LogP contribution in [0.4, 0.5) is 13.2 Å². The number of carbonyl (C=O) groups excluding carboxylic acids is 1. The van der Waals surface area contributed by atoms with Gasteiger partial charge in [-0.25, -0.2) is 4.98 Å². The van der Waals surface area contributed by atoms with Crippen LogP contribution in [0, 0.1) is 0 Å². The highest BCUT2D eigenvalue weighted by molar-refractivity contribution is 5.95. The Labute approximate surface area is 189 Å². The quantitative estimate of drug-likeness (QED) is 0.521. The molecule has 174 valence electrons. The number of aromatic nitrogens is 2. The molecule has 2 aromatic carbocycles. The van der Waals surface area contributed by atoms with Crippen LogP contribution < -0.4 is 5.56 Å². The van der Waals surface area contributed by atoms with Crippen molar-refractivity contribution in [3.8, 4) is 0 Å². The number of nitrogens with zero attached hydrogens (tertiary/aromatic N) is 3. The van der Waals surface area contributed by atoms with Crippen molar-refractivity contribution >= 4 is 16.8 Å². The lowest BCUT2D eigenvalue weighted by molar-refractivity contribution is -0.137. The van der Waals surface area contributed by atoms with E-state index in [2.05, 4.69) is 4.98 Å². The Morgan fingerprint density at radius 2 is 1.79 bits per heavy atom. The number of fused-ring (bicyclic) bond motifs is 1. The van der Waals surface area contributed by atoms with Gasteiger partial charge in [0.25, 0.3) is 11.5 Å². The van der Waals surface area contributed by atoms with Gasteiger partial charge < -0.3 is 4.90 Å². The second-order valence-electron chi connectivity index (χ2n) is 8.61. The summed E-state index contributed by atoms with van der Waals surface area (Å²) in [6.45, 7) is 1.79. The summed E-state index contributed by atoms with van der Waals surface area (Å²) < 4.78 is 41.3. The number of hydrogen-bond donors (Lipinski definition) is 0. The molecule has 1 fully saturated rings. The summed E-state index contributed by atoms with van der Waals surface area (Å²) in [7, 11) is 1.61. The van der Waals surface area contributed by atoms with Gasteiger partial charge in [0.15, 0.2) is 0 Å². The molecule has 0 saturated heterocycles. The van der Waals surface area contributed by atoms with E-state index in [1.165, 1.54) is 16.7 Å². The van der Waals surface area contributed by atoms with Crippen LogP contribution in [0.2, 0.25) is 0 Å². The Balaban J connectivity index is 1.80. The molecule has 1 atom stereocenters. The minimum atomic E-state index is -4.54. The predicted octanol–water partition coefficient (Wildman–Crippen LogP) is 5.49. The van der Waals surface area contributed by atoms with Gasteiger partial charge in [0.1, 0.15) is 5.82 Å². The highest BCUT2D eigenvalue weighted by atomic mass is 19.4. The van der Waals surface area contributed by atoms with Crippen LogP contribution >= 0.6 is 0 Å². The topological polar surface area (TPSA) is 55.2 Å². The van der Waals surface area contributed by atoms with Crippen molar-refractivity contribution in [2.24, 2.45) is 7.05 Å². The number of benzene rings is 2. The zero-order valence-corrected chi connectivity index (χ0v) is 18.6. The van der Waals surface area contributed by atoms with Crippen LogP contribution in [-0.4, -0.2) is 26.4 Å². The molecule has 33 heavy (non-hydrogen) atoms. The average molecular weight is 457 g/mol. The normalized spacial score (nSPS) is 16.0. The van der Waals surface area contributed by atoms with E-state index in [4.69, 9.17) is 0 Å². The summed E-state index contributed by atoms with van der Waals surface area (Å²) in [5.41, 5.74) is -0.580. The number of hydrogen-bond acceptors (Lipinski definition) is 3. The Kier molecular flexibility index (Phi) is 6.28. The maximum atomic E-state index is 13.6. The monoisotopic (exact) mass is 457 g/mol. The van der Waals surface area contributed by atoms with E-state index in [0.29, 0.717) is 16.7 Å². The Morgan fingerprint density at radius 3 is 2.48 bits per heavy atom. The minimum Gasteiger partial charge on any atom is -0.326 e. The molecular weight excluding hydrogens is 431 g/mol. The molecule has 1 aliphatic carbocycles. The fraction of sp³-hybridized carbons (Fsp3) is 0.400. The molecule has 0 aliphatic heterocycles. The fourth-order valence-corrected chi connectivity index (χ4v) is 4.73. The lowest BCUT2D eigenvalue weighted by Gasteiger charge is -2.39. The number of para-hydroxylation sites is 1. The summed E-state index contributed by atoms with van der Waals surface area (Å²) >= 11 is 0. The molecule has 0 bridgehead atoms. The minimum absolute atomic E-state index is 0.0203. The summed E-state index contributed by atoms with van der Waals surface area (Å²) in [4.78, 5) is 32.9. The van der Waals surface area contributed by atoms with E-state index < -0.39 is 23.7 Å². The number of amides is 1. The number of halogens is 3. The highest BCUT2D eigenvalue weighted by Gasteiger charge is 2.35. The van der Waals surface area contributed by atoms with Crippen LogP contribution in [0.3, 0.4) is 0 Å². The Hall–Kier alpha value is -3.16. The molecule has 1 aromatic heterocycles. The van der Waals surface area contributed by atoms with Gasteiger partial charge in [-0.05, 0) is 50.1 Å². The van der Waals surface area contributed by atoms with Crippen LogP contribution in [-0.2, 0) is 13.2 Å². The van der Waals surface area contributed by atoms with Gasteiger partial charge in [-0.15, -0.1) is 0 Å². The first-order chi connectivity index (χ1) is 15.7. The van der Waals surface area contributed by atoms with Gasteiger partial charge in [0, 0.05) is 18.7 Å². The van der Waals surface area contributed by atoms with E-state index in [0.717, 1.165) is 44.2 Å². The predicted molar refractivity (Wildman–Crippen MR) is 120 cm³/mol. The SMILES string of the molecule is CC(c1nc2ccccc2c(=O)n1C)N(C(=O)c1cccc(C(F)(F)F)c1)C1CCCCC1. The van der Waals surface area contributed by atoms with Crippen molar-refractivity contribution in [2.75, 3.05) is 0 Å². The summed E-state index contributed by atoms with van der Waals surface area (Å²) in [6, 6.07) is 10.8. The fourth-order valence-electron chi connectivity index (χ4n) is 4.73. The van der Waals surface area contributed by atoms with Gasteiger partial charge in [-0.3, -0.25) is 14.2 Å². The van der Waals surface area contributed by atoms with Crippen molar-refractivity contribution in [3.63, 3.8) is 0 Å². The first-order valence-electron chi connectivity index (χ1n) is 11.1. The number of alkyl halides is 3. The van der Waals surface area contributed by atoms with E-state index in [1.807, 2.05) is 0 Å². The third-order valence-electron chi connectivity index (χ3n) is 6.45. The molecule has 1 amide bonds. The van der Waals surface area contributed by atoms with Gasteiger partial charge in [-0.1, -0.05) is 37.5 Å². The molecule has 1 saturated carbocycles. The van der Waals surface area contributed by atoms with Crippen LogP contribution in [0.25, 0.3) is 10.9 Å². The molecule has 3 aromatic rings. The molecule has 8 heteroatoms. The maximum Gasteiger partial charge on any atom is 0.416 e. The lowest BCUT2D eigenvalue weighted by Crippen LogP contribution is -2.44. The molecular formula is C25H26F3N3O2. The van der Waals surface area contributed by atoms with E-state index in [-0.39, 0.29) is 17.2 Å². The maximum absolute atomic E-state index is 13.6. The van der Waals surface area contributed by atoms with Crippen molar-refractivity contribution < 1.29 is 18.0 Å². The van der Waals surface area contributed by atoms with Gasteiger partial charge in [0.2, 0.25) is 0 Å². The molecule has 0 radical (unpaired) electrons. The van der Waals surface area contributed by atoms with E-state index >= 15 is 0 Å². The Bertz CT molecular complexity index is 1230. The first kappa shape index (κ1) is 23.0. The third-order valence-corrected chi connectivity index (χ3v) is 6.45. The zero-order chi connectivity index (χ0) is 23.8. The number of carbonyl (C=O) groups is 1. The van der Waals surface area contributed by atoms with Crippen molar-refractivity contribution in [1.82, 2.24) is 14.5 Å². The van der Waals surface area contributed by atoms with E-state index in [9.17, 15) is 22.8 Å². The third kappa shape index (κ3) is 4.51. The van der Waals surface area contributed by atoms with E-state index in [1.54, 1.807) is 43.1 Å². The second-order valence-corrected chi connectivity index (χ2v) is 8.61. The molecule has 4 rings (SSSR count). The van der Waals surface area contributed by atoms with Crippen LogP contribution in [0.5, 0.6) is 0 Å². The zero-order valence-electron chi connectivity index (χ0n) is 18.6. The molecule has 1 aliphatic rings. The van der Waals surface area contributed by atoms with Crippen LogP contribution in [0.15, 0.2) is 53.3 Å². The summed E-state index contributed by atoms with van der Waals surface area (Å²) in [5.74, 6) is -0.0764. The smallest absolute Gasteiger partial charge is 0.326 e. The first-order valence-corrected chi connectivity index (χ1v) is 11.1. The van der Waals surface area contributed by atoms with Crippen LogP contribution in [0.1, 0.15) is 66.8 Å². The lowest BCUT2D eigenvalue weighted by atomic mass is 9.92. The van der Waals surface area contributed by atoms with Gasteiger partial charge >= 0.3 is 6.18 Å². The number of rotatable bonds is 4. The largest absolute Gasteiger partial charge is 0.416 e. The summed E-state index contributed by atoms with van der Waals surface area (Å²) in [6.07, 6.45) is -0.0840. The van der Waals surface area contributed by atoms with Gasteiger partial charge in [-0.2, -0.15) is 13.2 Å². The Morgan fingerprint density at radius 1 is 1.09 bits per heavy atom. The van der Waals surface area contributed by atoms with Crippen molar-refractivity contribution in [2.45, 2.75) is 57.3 Å². The highest BCUT2D eigenvalue weighted by Crippen LogP contribution is 2.33. The molecule has 0 N–H and O–H groups in total.